The molecule has 0 radical (unpaired) electrons. The number of carboxylic acids is 2. The van der Waals surface area contributed by atoms with Crippen molar-refractivity contribution >= 4 is 132 Å². The number of carbonyl (C=O) groups is 16. The van der Waals surface area contributed by atoms with E-state index in [1.807, 2.05) is 0 Å². The number of hydrogen-bond donors (Lipinski definition) is 16. The number of fused-ring (bicyclic) bond motifs is 12. The fourth-order valence-electron chi connectivity index (χ4n) is 14.0. The second-order valence-electron chi connectivity index (χ2n) is 28.8. The number of nitrogens with zero attached hydrogens (tertiary/aromatic N) is 5. The second-order valence-corrected chi connectivity index (χ2v) is 31.3. The van der Waals surface area contributed by atoms with Crippen molar-refractivity contribution in [1.82, 2.24) is 56.8 Å². The number of nitrogens with two attached hydrogens (primary N) is 5. The highest BCUT2D eigenvalue weighted by Crippen LogP contribution is 2.31. The molecule has 0 saturated carbocycles. The van der Waals surface area contributed by atoms with Gasteiger partial charge in [0.1, 0.15) is 11.8 Å². The van der Waals surface area contributed by atoms with Crippen LogP contribution in [-0.4, -0.2) is 225 Å². The summed E-state index contributed by atoms with van der Waals surface area (Å²) in [4.78, 5) is 237. The Balaban J connectivity index is 1.40. The van der Waals surface area contributed by atoms with Gasteiger partial charge in [0, 0.05) is 136 Å². The molecule has 3 aliphatic rings. The minimum absolute atomic E-state index is 0.0318. The number of phenolic OH excluding ortho intramolecular Hbond substituents is 1. The number of aliphatic carboxylic acids is 2. The van der Waals surface area contributed by atoms with Crippen LogP contribution in [0.5, 0.6) is 5.75 Å². The molecule has 0 spiro atoms. The molecule has 614 valence electrons. The van der Waals surface area contributed by atoms with Gasteiger partial charge in [0.15, 0.2) is 40.7 Å². The molecular weight excluding hydrogens is 1510 g/mol. The zero-order valence-electron chi connectivity index (χ0n) is 62.6. The number of phenols is 1. The third-order valence-electron chi connectivity index (χ3n) is 20.2. The lowest BCUT2D eigenvalue weighted by atomic mass is 9.88. The van der Waals surface area contributed by atoms with Gasteiger partial charge in [-0.15, -0.1) is 5.10 Å². The van der Waals surface area contributed by atoms with Crippen LogP contribution in [-0.2, 0) is 97.7 Å². The number of ketones is 6. The molecule has 5 heterocycles. The number of H-pyrrole nitrogens is 1. The number of primary amides is 2. The number of carbonyl (C=O) groups excluding carboxylic acids is 14. The molecule has 4 bridgehead atoms. The number of aromatic hydroxyl groups is 1. The lowest BCUT2D eigenvalue weighted by Gasteiger charge is -2.30. The normalized spacial score (nSPS) is 24.2. The Kier molecular flexibility index (Phi) is 34.8. The lowest BCUT2D eigenvalue weighted by molar-refractivity contribution is -0.148. The maximum atomic E-state index is 15.5. The Bertz CT molecular complexity index is 4130. The first kappa shape index (κ1) is 89.5. The number of hydrogen-bond acceptors (Lipinski definition) is 24. The Morgan fingerprint density at radius 3 is 2.06 bits per heavy atom. The summed E-state index contributed by atoms with van der Waals surface area (Å²) in [6.07, 6.45) is -6.34. The zero-order chi connectivity index (χ0) is 82.6. The molecule has 4 aromatic rings. The average Bonchev–Trinajstić information content (AvgIpc) is 1.71. The smallest absolute Gasteiger partial charge is 0.312 e. The third-order valence-corrected chi connectivity index (χ3v) is 22.6. The van der Waals surface area contributed by atoms with Crippen LogP contribution in [0.2, 0.25) is 0 Å². The van der Waals surface area contributed by atoms with Gasteiger partial charge >= 0.3 is 18.0 Å². The monoisotopic (exact) mass is 1610 g/mol. The van der Waals surface area contributed by atoms with Gasteiger partial charge in [-0.25, -0.2) is 4.79 Å². The minimum atomic E-state index is -1.86. The number of aryl methyl sites for hydroxylation is 2. The van der Waals surface area contributed by atoms with E-state index >= 15 is 24.0 Å². The first-order valence-corrected chi connectivity index (χ1v) is 39.9. The second kappa shape index (κ2) is 44.0. The van der Waals surface area contributed by atoms with Crippen LogP contribution < -0.4 is 60.6 Å². The van der Waals surface area contributed by atoms with Crippen LogP contribution in [0.4, 0.5) is 4.79 Å². The molecular formula is C74H101N17O20S2. The van der Waals surface area contributed by atoms with E-state index in [0.717, 1.165) is 33.4 Å². The van der Waals surface area contributed by atoms with Crippen LogP contribution in [0.25, 0.3) is 10.9 Å². The summed E-state index contributed by atoms with van der Waals surface area (Å²) in [6.45, 7) is -0.0309. The van der Waals surface area contributed by atoms with Gasteiger partial charge in [-0.1, -0.05) is 57.1 Å². The van der Waals surface area contributed by atoms with Crippen LogP contribution in [0.1, 0.15) is 133 Å². The summed E-state index contributed by atoms with van der Waals surface area (Å²) >= 11 is 0. The number of carboxylic acid groups (broad SMARTS) is 2. The van der Waals surface area contributed by atoms with Gasteiger partial charge < -0.3 is 90.9 Å². The molecule has 39 heteroatoms. The van der Waals surface area contributed by atoms with Crippen molar-refractivity contribution in [3.63, 3.8) is 0 Å². The van der Waals surface area contributed by atoms with Gasteiger partial charge in [0.25, 0.3) is 0 Å². The van der Waals surface area contributed by atoms with Crippen molar-refractivity contribution < 1.29 is 97.1 Å². The highest BCUT2D eigenvalue weighted by Gasteiger charge is 2.43. The number of aromatic nitrogens is 4. The summed E-state index contributed by atoms with van der Waals surface area (Å²) in [7, 11) is 1.84. The van der Waals surface area contributed by atoms with Crippen LogP contribution in [0.15, 0.2) is 65.9 Å². The molecule has 0 unspecified atom stereocenters. The van der Waals surface area contributed by atoms with E-state index in [1.54, 1.807) is 30.5 Å². The first-order valence-electron chi connectivity index (χ1n) is 37.4. The van der Waals surface area contributed by atoms with Crippen molar-refractivity contribution in [3.05, 3.63) is 77.7 Å². The van der Waals surface area contributed by atoms with Crippen LogP contribution >= 0.6 is 21.6 Å². The number of benzene rings is 2. The summed E-state index contributed by atoms with van der Waals surface area (Å²) in [5.74, 6) is -24.3. The van der Waals surface area contributed by atoms with Gasteiger partial charge in [-0.3, -0.25) is 81.6 Å². The van der Waals surface area contributed by atoms with E-state index in [4.69, 9.17) is 28.7 Å². The number of aromatic amines is 1. The number of aliphatic imine (C=N–C) groups is 1. The number of amides is 9. The largest absolute Gasteiger partial charge is 0.508 e. The summed E-state index contributed by atoms with van der Waals surface area (Å²) in [5, 5.41) is 66.8. The summed E-state index contributed by atoms with van der Waals surface area (Å²) < 4.78 is 1.25. The highest BCUT2D eigenvalue weighted by atomic mass is 33.1. The molecule has 2 aromatic heterocycles. The van der Waals surface area contributed by atoms with Crippen LogP contribution in [0, 0.1) is 35.5 Å². The molecule has 9 amide bonds. The average molecular weight is 1610 g/mol. The van der Waals surface area contributed by atoms with E-state index in [9.17, 15) is 73.2 Å². The number of aliphatic hydroxyl groups excluding tert-OH is 1. The molecule has 7 rings (SSSR count). The lowest BCUT2D eigenvalue weighted by Crippen LogP contribution is -2.52. The third kappa shape index (κ3) is 28.2. The number of nitrogens with one attached hydrogen (secondary N) is 7. The Morgan fingerprint density at radius 1 is 0.717 bits per heavy atom. The molecule has 0 aliphatic carbocycles. The van der Waals surface area contributed by atoms with Gasteiger partial charge in [-0.2, -0.15) is 0 Å². The van der Waals surface area contributed by atoms with Gasteiger partial charge in [0.2, 0.25) is 41.4 Å². The molecule has 2 aromatic carbocycles. The van der Waals surface area contributed by atoms with Crippen molar-refractivity contribution in [3.8, 4) is 5.75 Å². The number of Topliss-reactive ketones (excluding diaryl/α,β-unsaturated/α-hetero) is 6. The predicted octanol–water partition coefficient (Wildman–Crippen LogP) is -0.785. The first-order chi connectivity index (χ1) is 53.8. The Morgan fingerprint density at radius 2 is 1.38 bits per heavy atom. The van der Waals surface area contributed by atoms with Crippen molar-refractivity contribution in [1.29, 1.82) is 0 Å². The maximum absolute atomic E-state index is 15.5. The molecule has 3 aliphatic heterocycles. The van der Waals surface area contributed by atoms with Crippen LogP contribution in [0.3, 0.4) is 0 Å². The van der Waals surface area contributed by atoms with Gasteiger partial charge in [-0.05, 0) is 107 Å². The fraction of sp³-hybridized carbons (Fsp3) is 0.554. The molecule has 37 nitrogen and oxygen atoms in total. The fourth-order valence-corrected chi connectivity index (χ4v) is 16.4. The van der Waals surface area contributed by atoms with E-state index in [-0.39, 0.29) is 126 Å². The van der Waals surface area contributed by atoms with Crippen molar-refractivity contribution in [2.75, 3.05) is 37.7 Å². The molecule has 2 saturated heterocycles. The molecule has 21 N–H and O–H groups in total. The van der Waals surface area contributed by atoms with Crippen molar-refractivity contribution in [2.24, 2.45) is 69.2 Å². The minimum Gasteiger partial charge on any atom is -0.508 e. The standard InChI is InChI=1S/C74H101N17O20S2/c1-39(92)66-62(99)31-45(33-65(102)103)71(108)91-23-6-11-56(91)61(98)30-42(7-4-21-80-73(77)78)68(105)86-55-38-113-112-37-54(83-64(101)34-75)59(96)29-43(70(107)87-66)14-16-48-36-90(89-88-48)24-20-52(57(94)32-46(72(109)110)25-40-12-17-49(93)18-13-40)84-69(106)44(15-19-63(76)100)28-58(95)53(26-47-35-82-51-10-3-2-9-50(47)51)85-67(104)41(27-60(55)97)8-5-22-81-74(79)111/h2-3,9-10,12-13,17-18,35-36,39,41-46,52-56,66,82,92-93H,4-8,11,14-16,19-34,37-38,75H2,1H3,(H2,76,100)(H,83,101)(H,84,106)(H,85,104)(H,86,105)(H,87,107)(H,102,103)(H,109,110)(H4,77,78,80)(H3,79,81,111)/t39-,41-,42-,43-,44-,45+,46-,52+,53+,54+,55+,56+,66+/m1/s1. The SMILES string of the molecule is C[C@@H](O)[C@@H]1NC(=O)[C@@H]2CCc3cn(nn3)CC[C@@H](C(=O)C[C@@H](Cc3ccc(O)cc3)C(=O)O)NC(=O)[C@H](CCC(N)=O)CC(=O)[C@H](Cc3c[nH]c4ccccc34)NC(=O)[C@H](CCCNC(N)=O)CC(=O)[C@H](CSSC[C@H](NC(=O)CN)C(=O)C2)NC(=O)[C@H](CCCN=C(N)N)CC(=O)[C@@H]2CCCN2C(=O)[C@H](CC(=O)O)CC1=O. The number of aliphatic hydroxyl groups is 1. The molecule has 13 atom stereocenters. The highest BCUT2D eigenvalue weighted by molar-refractivity contribution is 8.76. The maximum Gasteiger partial charge on any atom is 0.312 e. The quantitative estimate of drug-likeness (QED) is 0.0177. The molecule has 2 fully saturated rings. The van der Waals surface area contributed by atoms with E-state index in [2.05, 4.69) is 52.2 Å². The number of guanidine groups is 1. The Labute approximate surface area is 657 Å². The predicted molar refractivity (Wildman–Crippen MR) is 411 cm³/mol. The van der Waals surface area contributed by atoms with Gasteiger partial charge in [0.05, 0.1) is 66.8 Å². The zero-order valence-corrected chi connectivity index (χ0v) is 64.3. The number of urea groups is 1. The van der Waals surface area contributed by atoms with E-state index in [1.165, 1.54) is 35.1 Å². The van der Waals surface area contributed by atoms with E-state index < -0.39 is 236 Å². The number of rotatable bonds is 24. The van der Waals surface area contributed by atoms with Crippen molar-refractivity contribution in [2.45, 2.75) is 184 Å². The number of para-hydroxylation sites is 1. The molecule has 113 heavy (non-hydrogen) atoms. The summed E-state index contributed by atoms with van der Waals surface area (Å²) in [6, 6.07) is 2.29. The van der Waals surface area contributed by atoms with E-state index in [0.29, 0.717) is 22.0 Å². The Hall–Kier alpha value is -10.7. The topological polar surface area (TPSA) is 618 Å². The summed E-state index contributed by atoms with van der Waals surface area (Å²) in [5.41, 5.74) is 29.9.